The number of ketones is 1. The van der Waals surface area contributed by atoms with Gasteiger partial charge >= 0.3 is 0 Å². The SMILES string of the molecule is CC(=O)c1ccc(N2CCN(C(=O)C=Cc3ccc(C)o3)CC2)cc1. The number of carbonyl (C=O) groups excluding carboxylic acids is 2. The lowest BCUT2D eigenvalue weighted by molar-refractivity contribution is -0.126. The molecular weight excluding hydrogens is 316 g/mol. The van der Waals surface area contributed by atoms with E-state index in [0.717, 1.165) is 30.1 Å². The summed E-state index contributed by atoms with van der Waals surface area (Å²) < 4.78 is 5.43. The average Bonchev–Trinajstić information content (AvgIpc) is 3.05. The first-order valence-corrected chi connectivity index (χ1v) is 8.42. The summed E-state index contributed by atoms with van der Waals surface area (Å²) in [5, 5.41) is 0. The van der Waals surface area contributed by atoms with Crippen LogP contribution in [0.4, 0.5) is 5.69 Å². The molecule has 1 aliphatic rings. The summed E-state index contributed by atoms with van der Waals surface area (Å²) in [7, 11) is 0. The summed E-state index contributed by atoms with van der Waals surface area (Å²) in [5.74, 6) is 1.59. The van der Waals surface area contributed by atoms with Crippen LogP contribution in [-0.4, -0.2) is 42.8 Å². The van der Waals surface area contributed by atoms with Crippen LogP contribution in [0.3, 0.4) is 0 Å². The molecule has 0 N–H and O–H groups in total. The third kappa shape index (κ3) is 4.18. The first-order chi connectivity index (χ1) is 12.0. The van der Waals surface area contributed by atoms with Crippen LogP contribution in [0.5, 0.6) is 0 Å². The Morgan fingerprint density at radius 1 is 1.00 bits per heavy atom. The highest BCUT2D eigenvalue weighted by molar-refractivity contribution is 5.94. The van der Waals surface area contributed by atoms with E-state index in [2.05, 4.69) is 4.90 Å². The molecule has 0 saturated carbocycles. The summed E-state index contributed by atoms with van der Waals surface area (Å²) in [5.41, 5.74) is 1.80. The summed E-state index contributed by atoms with van der Waals surface area (Å²) in [6.45, 7) is 6.35. The number of aryl methyl sites for hydroxylation is 1. The smallest absolute Gasteiger partial charge is 0.246 e. The molecule has 1 aromatic carbocycles. The molecule has 0 spiro atoms. The number of benzene rings is 1. The summed E-state index contributed by atoms with van der Waals surface area (Å²) in [6.07, 6.45) is 3.28. The number of hydrogen-bond donors (Lipinski definition) is 0. The van der Waals surface area contributed by atoms with Crippen molar-refractivity contribution in [3.05, 3.63) is 59.6 Å². The highest BCUT2D eigenvalue weighted by atomic mass is 16.3. The third-order valence-electron chi connectivity index (χ3n) is 4.38. The van der Waals surface area contributed by atoms with Crippen LogP contribution in [0.1, 0.15) is 28.8 Å². The molecule has 130 valence electrons. The molecule has 0 radical (unpaired) electrons. The number of nitrogens with zero attached hydrogens (tertiary/aromatic N) is 2. The van der Waals surface area contributed by atoms with E-state index in [1.807, 2.05) is 48.2 Å². The van der Waals surface area contributed by atoms with Crippen molar-refractivity contribution in [2.45, 2.75) is 13.8 Å². The summed E-state index contributed by atoms with van der Waals surface area (Å²) in [4.78, 5) is 27.7. The minimum atomic E-state index is 0.000584. The van der Waals surface area contributed by atoms with Gasteiger partial charge < -0.3 is 14.2 Å². The van der Waals surface area contributed by atoms with Gasteiger partial charge in [-0.2, -0.15) is 0 Å². The zero-order valence-electron chi connectivity index (χ0n) is 14.6. The average molecular weight is 338 g/mol. The molecule has 1 saturated heterocycles. The molecule has 25 heavy (non-hydrogen) atoms. The fraction of sp³-hybridized carbons (Fsp3) is 0.300. The number of piperazine rings is 1. The molecule has 1 aliphatic heterocycles. The number of anilines is 1. The predicted octanol–water partition coefficient (Wildman–Crippen LogP) is 3.15. The molecule has 0 atom stereocenters. The second-order valence-electron chi connectivity index (χ2n) is 6.20. The second kappa shape index (κ2) is 7.38. The molecule has 2 heterocycles. The van der Waals surface area contributed by atoms with E-state index in [-0.39, 0.29) is 11.7 Å². The maximum absolute atomic E-state index is 12.3. The van der Waals surface area contributed by atoms with Gasteiger partial charge in [-0.25, -0.2) is 0 Å². The van der Waals surface area contributed by atoms with Crippen molar-refractivity contribution in [1.29, 1.82) is 0 Å². The Hall–Kier alpha value is -2.82. The third-order valence-corrected chi connectivity index (χ3v) is 4.38. The van der Waals surface area contributed by atoms with Gasteiger partial charge in [0.15, 0.2) is 5.78 Å². The highest BCUT2D eigenvalue weighted by Gasteiger charge is 2.20. The number of amides is 1. The van der Waals surface area contributed by atoms with Crippen molar-refractivity contribution < 1.29 is 14.0 Å². The van der Waals surface area contributed by atoms with Gasteiger partial charge in [-0.1, -0.05) is 0 Å². The lowest BCUT2D eigenvalue weighted by Gasteiger charge is -2.35. The molecule has 0 aliphatic carbocycles. The van der Waals surface area contributed by atoms with Crippen LogP contribution >= 0.6 is 0 Å². The molecule has 0 unspecified atom stereocenters. The first kappa shape index (κ1) is 17.0. The van der Waals surface area contributed by atoms with E-state index < -0.39 is 0 Å². The van der Waals surface area contributed by atoms with E-state index in [1.165, 1.54) is 0 Å². The van der Waals surface area contributed by atoms with Crippen molar-refractivity contribution in [3.8, 4) is 0 Å². The van der Waals surface area contributed by atoms with Gasteiger partial charge in [-0.05, 0) is 56.3 Å². The highest BCUT2D eigenvalue weighted by Crippen LogP contribution is 2.18. The number of carbonyl (C=O) groups is 2. The Balaban J connectivity index is 1.55. The van der Waals surface area contributed by atoms with Crippen LogP contribution in [0.15, 0.2) is 46.9 Å². The number of rotatable bonds is 4. The molecule has 0 bridgehead atoms. The second-order valence-corrected chi connectivity index (χ2v) is 6.20. The molecule has 5 heteroatoms. The van der Waals surface area contributed by atoms with E-state index in [9.17, 15) is 9.59 Å². The summed E-state index contributed by atoms with van der Waals surface area (Å²) in [6, 6.07) is 11.4. The van der Waals surface area contributed by atoms with Crippen LogP contribution in [0, 0.1) is 6.92 Å². The van der Waals surface area contributed by atoms with Gasteiger partial charge in [-0.3, -0.25) is 9.59 Å². The number of furan rings is 1. The predicted molar refractivity (Wildman–Crippen MR) is 97.7 cm³/mol. The minimum Gasteiger partial charge on any atom is -0.462 e. The Kier molecular flexibility index (Phi) is 5.03. The topological polar surface area (TPSA) is 53.8 Å². The fourth-order valence-corrected chi connectivity index (χ4v) is 2.89. The first-order valence-electron chi connectivity index (χ1n) is 8.42. The standard InChI is InChI=1S/C20H22N2O3/c1-15-3-8-19(25-15)9-10-20(24)22-13-11-21(12-14-22)18-6-4-17(5-7-18)16(2)23/h3-10H,11-14H2,1-2H3. The zero-order chi connectivity index (χ0) is 17.8. The van der Waals surface area contributed by atoms with Crippen LogP contribution in [0.2, 0.25) is 0 Å². The molecule has 1 amide bonds. The Morgan fingerprint density at radius 2 is 1.68 bits per heavy atom. The van der Waals surface area contributed by atoms with E-state index in [4.69, 9.17) is 4.42 Å². The minimum absolute atomic E-state index is 0.000584. The quantitative estimate of drug-likeness (QED) is 0.635. The maximum Gasteiger partial charge on any atom is 0.246 e. The van der Waals surface area contributed by atoms with Crippen molar-refractivity contribution in [2.75, 3.05) is 31.1 Å². The monoisotopic (exact) mass is 338 g/mol. The van der Waals surface area contributed by atoms with E-state index in [1.54, 1.807) is 19.1 Å². The van der Waals surface area contributed by atoms with Crippen molar-refractivity contribution in [3.63, 3.8) is 0 Å². The number of Topliss-reactive ketones (excluding diaryl/α,β-unsaturated/α-hetero) is 1. The summed E-state index contributed by atoms with van der Waals surface area (Å²) >= 11 is 0. The van der Waals surface area contributed by atoms with E-state index in [0.29, 0.717) is 18.8 Å². The Bertz CT molecular complexity index is 782. The normalized spacial score (nSPS) is 15.0. The van der Waals surface area contributed by atoms with Crippen LogP contribution in [-0.2, 0) is 4.79 Å². The van der Waals surface area contributed by atoms with Gasteiger partial charge in [-0.15, -0.1) is 0 Å². The Labute approximate surface area is 147 Å². The molecule has 5 nitrogen and oxygen atoms in total. The van der Waals surface area contributed by atoms with Gasteiger partial charge in [0.2, 0.25) is 5.91 Å². The molecule has 1 aromatic heterocycles. The lowest BCUT2D eigenvalue weighted by atomic mass is 10.1. The molecular formula is C20H22N2O3. The molecule has 3 rings (SSSR count). The van der Waals surface area contributed by atoms with Crippen molar-refractivity contribution in [1.82, 2.24) is 4.90 Å². The van der Waals surface area contributed by atoms with Gasteiger partial charge in [0.25, 0.3) is 0 Å². The Morgan fingerprint density at radius 3 is 2.24 bits per heavy atom. The molecule has 1 fully saturated rings. The van der Waals surface area contributed by atoms with Crippen LogP contribution in [0.25, 0.3) is 6.08 Å². The largest absolute Gasteiger partial charge is 0.462 e. The van der Waals surface area contributed by atoms with E-state index >= 15 is 0 Å². The van der Waals surface area contributed by atoms with Crippen LogP contribution < -0.4 is 4.90 Å². The van der Waals surface area contributed by atoms with Crippen molar-refractivity contribution >= 4 is 23.5 Å². The lowest BCUT2D eigenvalue weighted by Crippen LogP contribution is -2.48. The van der Waals surface area contributed by atoms with Gasteiger partial charge in [0.05, 0.1) is 0 Å². The fourth-order valence-electron chi connectivity index (χ4n) is 2.89. The van der Waals surface area contributed by atoms with Gasteiger partial charge in [0, 0.05) is 43.5 Å². The van der Waals surface area contributed by atoms with Crippen molar-refractivity contribution in [2.24, 2.45) is 0 Å². The number of hydrogen-bond acceptors (Lipinski definition) is 4. The van der Waals surface area contributed by atoms with Gasteiger partial charge in [0.1, 0.15) is 11.5 Å². The molecule has 2 aromatic rings. The maximum atomic E-state index is 12.3. The zero-order valence-corrected chi connectivity index (χ0v) is 14.6.